The van der Waals surface area contributed by atoms with Crippen LogP contribution in [-0.4, -0.2) is 38.2 Å². The molecule has 4 fully saturated rings. The highest BCUT2D eigenvalue weighted by atomic mass is 35.5. The van der Waals surface area contributed by atoms with Gasteiger partial charge in [0, 0.05) is 11.5 Å². The minimum atomic E-state index is -1.14. The highest BCUT2D eigenvalue weighted by Crippen LogP contribution is 2.60. The third-order valence-electron chi connectivity index (χ3n) is 7.20. The van der Waals surface area contributed by atoms with Crippen molar-refractivity contribution in [2.24, 2.45) is 17.8 Å². The Morgan fingerprint density at radius 2 is 2.03 bits per heavy atom. The van der Waals surface area contributed by atoms with Crippen molar-refractivity contribution < 1.29 is 13.9 Å². The van der Waals surface area contributed by atoms with Gasteiger partial charge in [0.15, 0.2) is 11.4 Å². The third kappa shape index (κ3) is 3.25. The highest BCUT2D eigenvalue weighted by molar-refractivity contribution is 6.32. The van der Waals surface area contributed by atoms with E-state index in [-0.39, 0.29) is 22.4 Å². The van der Waals surface area contributed by atoms with Crippen molar-refractivity contribution >= 4 is 17.5 Å². The van der Waals surface area contributed by atoms with Gasteiger partial charge in [0.1, 0.15) is 11.6 Å². The second-order valence-corrected chi connectivity index (χ2v) is 10.1. The van der Waals surface area contributed by atoms with Gasteiger partial charge in [0.2, 0.25) is 0 Å². The van der Waals surface area contributed by atoms with Crippen molar-refractivity contribution in [3.8, 4) is 5.75 Å². The number of halogens is 2. The van der Waals surface area contributed by atoms with E-state index in [1.165, 1.54) is 18.2 Å². The Morgan fingerprint density at radius 1 is 1.30 bits per heavy atom. The van der Waals surface area contributed by atoms with Crippen LogP contribution in [0.2, 0.25) is 5.02 Å². The normalized spacial score (nSPS) is 32.3. The van der Waals surface area contributed by atoms with Crippen LogP contribution >= 0.6 is 11.6 Å². The molecule has 7 nitrogen and oxygen atoms in total. The molecule has 4 unspecified atom stereocenters. The van der Waals surface area contributed by atoms with E-state index in [4.69, 9.17) is 16.3 Å². The fraction of sp³-hybridized carbons (Fsp3) is 0.619. The van der Waals surface area contributed by atoms with Crippen molar-refractivity contribution in [3.05, 3.63) is 34.9 Å². The molecule has 1 aromatic carbocycles. The van der Waals surface area contributed by atoms with Gasteiger partial charge in [0.05, 0.1) is 5.02 Å². The summed E-state index contributed by atoms with van der Waals surface area (Å²) in [6, 6.07) is 4.01. The molecule has 0 spiro atoms. The Labute approximate surface area is 179 Å². The van der Waals surface area contributed by atoms with E-state index >= 15 is 0 Å². The largest absolute Gasteiger partial charge is 0.476 e. The van der Waals surface area contributed by atoms with Crippen molar-refractivity contribution in [1.82, 2.24) is 25.9 Å². The SMILES string of the molecule is CC(C)(Oc1ccc(F)cc1Cl)C(=O)NC1C2CC3C[C@@H]1CC(c1nn[nH]n1)(C3)C2. The molecule has 1 heterocycles. The summed E-state index contributed by atoms with van der Waals surface area (Å²) in [5.41, 5.74) is -1.15. The van der Waals surface area contributed by atoms with Crippen molar-refractivity contribution in [2.75, 3.05) is 0 Å². The van der Waals surface area contributed by atoms with Gasteiger partial charge in [-0.2, -0.15) is 5.21 Å². The molecule has 30 heavy (non-hydrogen) atoms. The molecule has 2 aromatic rings. The molecule has 9 heteroatoms. The van der Waals surface area contributed by atoms with Crippen LogP contribution in [0, 0.1) is 23.6 Å². The molecule has 5 atom stereocenters. The molecular weight excluding hydrogens is 409 g/mol. The minimum Gasteiger partial charge on any atom is -0.476 e. The number of hydrogen-bond donors (Lipinski definition) is 2. The Bertz CT molecular complexity index is 950. The number of aromatic nitrogens is 4. The number of carbonyl (C=O) groups is 1. The molecule has 2 N–H and O–H groups in total. The second-order valence-electron chi connectivity index (χ2n) is 9.67. The predicted octanol–water partition coefficient (Wildman–Crippen LogP) is 3.41. The Kier molecular flexibility index (Phi) is 4.54. The van der Waals surface area contributed by atoms with Crippen molar-refractivity contribution in [3.63, 3.8) is 0 Å². The number of tetrazole rings is 1. The van der Waals surface area contributed by atoms with E-state index in [0.717, 1.165) is 37.9 Å². The van der Waals surface area contributed by atoms with E-state index < -0.39 is 11.4 Å². The zero-order chi connectivity index (χ0) is 21.1. The summed E-state index contributed by atoms with van der Waals surface area (Å²) in [4.78, 5) is 13.2. The average Bonchev–Trinajstić information content (AvgIpc) is 3.22. The maximum Gasteiger partial charge on any atom is 0.263 e. The Morgan fingerprint density at radius 3 is 2.67 bits per heavy atom. The van der Waals surface area contributed by atoms with Crippen LogP contribution in [0.5, 0.6) is 5.75 Å². The molecule has 160 valence electrons. The van der Waals surface area contributed by atoms with Crippen molar-refractivity contribution in [1.29, 1.82) is 0 Å². The number of ether oxygens (including phenoxy) is 1. The van der Waals surface area contributed by atoms with Gasteiger partial charge in [0.25, 0.3) is 5.91 Å². The predicted molar refractivity (Wildman–Crippen MR) is 107 cm³/mol. The number of nitrogens with one attached hydrogen (secondary N) is 2. The summed E-state index contributed by atoms with van der Waals surface area (Å²) in [7, 11) is 0. The molecule has 6 rings (SSSR count). The van der Waals surface area contributed by atoms with Gasteiger partial charge < -0.3 is 10.1 Å². The zero-order valence-corrected chi connectivity index (χ0v) is 17.7. The molecular formula is C21H25ClFN5O2. The maximum atomic E-state index is 13.3. The van der Waals surface area contributed by atoms with Gasteiger partial charge in [-0.15, -0.1) is 10.2 Å². The molecule has 1 aromatic heterocycles. The van der Waals surface area contributed by atoms with E-state index in [2.05, 4.69) is 25.9 Å². The lowest BCUT2D eigenvalue weighted by molar-refractivity contribution is -0.138. The molecule has 0 radical (unpaired) electrons. The lowest BCUT2D eigenvalue weighted by atomic mass is 9.47. The fourth-order valence-corrected chi connectivity index (χ4v) is 6.33. The first kappa shape index (κ1) is 19.7. The minimum absolute atomic E-state index is 0.0155. The van der Waals surface area contributed by atoms with Gasteiger partial charge in [-0.05, 0) is 81.9 Å². The number of H-pyrrole nitrogens is 1. The average molecular weight is 434 g/mol. The second kappa shape index (κ2) is 6.90. The Hall–Kier alpha value is -2.22. The first-order valence-corrected chi connectivity index (χ1v) is 10.8. The lowest BCUT2D eigenvalue weighted by Crippen LogP contribution is -2.63. The van der Waals surface area contributed by atoms with E-state index in [1.807, 2.05) is 0 Å². The molecule has 4 aliphatic rings. The molecule has 4 bridgehead atoms. The topological polar surface area (TPSA) is 92.8 Å². The smallest absolute Gasteiger partial charge is 0.263 e. The molecule has 0 aliphatic heterocycles. The number of aromatic amines is 1. The first-order valence-electron chi connectivity index (χ1n) is 10.4. The number of hydrogen-bond acceptors (Lipinski definition) is 5. The monoisotopic (exact) mass is 433 g/mol. The first-order chi connectivity index (χ1) is 14.3. The summed E-state index contributed by atoms with van der Waals surface area (Å²) in [6.45, 7) is 3.41. The molecule has 0 saturated heterocycles. The summed E-state index contributed by atoms with van der Waals surface area (Å²) in [6.07, 6.45) is 5.28. The van der Waals surface area contributed by atoms with Crippen LogP contribution in [0.1, 0.15) is 51.8 Å². The fourth-order valence-electron chi connectivity index (χ4n) is 6.12. The van der Waals surface area contributed by atoms with E-state index in [9.17, 15) is 9.18 Å². The maximum absolute atomic E-state index is 13.3. The number of nitrogens with zero attached hydrogens (tertiary/aromatic N) is 3. The third-order valence-corrected chi connectivity index (χ3v) is 7.49. The van der Waals surface area contributed by atoms with E-state index in [1.54, 1.807) is 13.8 Å². The quantitative estimate of drug-likeness (QED) is 0.753. The number of amides is 1. The molecule has 4 aliphatic carbocycles. The van der Waals surface area contributed by atoms with Gasteiger partial charge >= 0.3 is 0 Å². The van der Waals surface area contributed by atoms with Crippen LogP contribution < -0.4 is 10.1 Å². The van der Waals surface area contributed by atoms with Gasteiger partial charge in [-0.3, -0.25) is 4.79 Å². The van der Waals surface area contributed by atoms with Crippen LogP contribution in [-0.2, 0) is 10.2 Å². The Balaban J connectivity index is 1.31. The van der Waals surface area contributed by atoms with Crippen LogP contribution in [0.15, 0.2) is 18.2 Å². The number of rotatable bonds is 5. The van der Waals surface area contributed by atoms with Gasteiger partial charge in [-0.1, -0.05) is 16.8 Å². The summed E-state index contributed by atoms with van der Waals surface area (Å²) >= 11 is 6.08. The highest BCUT2D eigenvalue weighted by Gasteiger charge is 2.58. The number of carbonyl (C=O) groups excluding carboxylic acids is 1. The summed E-state index contributed by atoms with van der Waals surface area (Å²) < 4.78 is 19.2. The zero-order valence-electron chi connectivity index (χ0n) is 17.0. The van der Waals surface area contributed by atoms with Crippen molar-refractivity contribution in [2.45, 2.75) is 63.0 Å². The molecule has 4 saturated carbocycles. The summed E-state index contributed by atoms with van der Waals surface area (Å²) in [5, 5.41) is 18.4. The van der Waals surface area contributed by atoms with Gasteiger partial charge in [-0.25, -0.2) is 4.39 Å². The van der Waals surface area contributed by atoms with E-state index in [0.29, 0.717) is 23.5 Å². The standard InChI is InChI=1S/C21H25ClFN5O2/c1-20(2,30-16-4-3-14(23)7-15(16)22)19(29)24-17-12-5-11-6-13(17)10-21(8-11,9-12)18-25-27-28-26-18/h3-4,7,11-13,17H,5-6,8-10H2,1-2H3,(H,24,29)(H,25,26,27,28)/t11?,12-,13?,17?,21?/m1/s1. The van der Waals surface area contributed by atoms with Crippen LogP contribution in [0.3, 0.4) is 0 Å². The van der Waals surface area contributed by atoms with Crippen LogP contribution in [0.4, 0.5) is 4.39 Å². The number of benzene rings is 1. The lowest BCUT2D eigenvalue weighted by Gasteiger charge is -2.59. The van der Waals surface area contributed by atoms with Crippen LogP contribution in [0.25, 0.3) is 0 Å². The molecule has 1 amide bonds. The summed E-state index contributed by atoms with van der Waals surface area (Å²) in [5.74, 6) is 1.91.